The first-order chi connectivity index (χ1) is 16.1. The Bertz CT molecular complexity index is 1360. The number of ether oxygens (including phenoxy) is 1. The summed E-state index contributed by atoms with van der Waals surface area (Å²) in [6.07, 6.45) is 1.89. The van der Waals surface area contributed by atoms with Gasteiger partial charge in [-0.25, -0.2) is 4.98 Å². The van der Waals surface area contributed by atoms with E-state index in [1.807, 2.05) is 47.8 Å². The number of thioether (sulfide) groups is 1. The van der Waals surface area contributed by atoms with Gasteiger partial charge >= 0.3 is 0 Å². The van der Waals surface area contributed by atoms with Crippen molar-refractivity contribution in [3.8, 4) is 5.75 Å². The monoisotopic (exact) mass is 477 g/mol. The van der Waals surface area contributed by atoms with Gasteiger partial charge < -0.3 is 10.1 Å². The molecule has 1 amide bonds. The summed E-state index contributed by atoms with van der Waals surface area (Å²) >= 11 is 2.69. The predicted molar refractivity (Wildman–Crippen MR) is 132 cm³/mol. The number of aryl methyl sites for hydroxylation is 1. The smallest absolute Gasteiger partial charge is 0.272 e. The average Bonchev–Trinajstić information content (AvgIpc) is 3.48. The first-order valence-electron chi connectivity index (χ1n) is 10.7. The van der Waals surface area contributed by atoms with E-state index in [0.29, 0.717) is 21.9 Å². The molecule has 2 aromatic carbocycles. The summed E-state index contributed by atoms with van der Waals surface area (Å²) in [5.74, 6) is 0.902. The van der Waals surface area contributed by atoms with Gasteiger partial charge in [0.1, 0.15) is 10.4 Å². The summed E-state index contributed by atoms with van der Waals surface area (Å²) in [6.45, 7) is 0.379. The van der Waals surface area contributed by atoms with E-state index in [9.17, 15) is 9.59 Å². The molecule has 0 spiro atoms. The van der Waals surface area contributed by atoms with E-state index in [4.69, 9.17) is 9.72 Å². The van der Waals surface area contributed by atoms with Gasteiger partial charge in [-0.15, -0.1) is 11.3 Å². The van der Waals surface area contributed by atoms with Crippen molar-refractivity contribution in [3.05, 3.63) is 87.0 Å². The molecule has 0 bridgehead atoms. The molecule has 8 heteroatoms. The zero-order valence-electron chi connectivity index (χ0n) is 18.1. The van der Waals surface area contributed by atoms with Crippen LogP contribution in [0.4, 0.5) is 0 Å². The van der Waals surface area contributed by atoms with Gasteiger partial charge in [0, 0.05) is 0 Å². The first kappa shape index (κ1) is 21.7. The molecule has 2 aromatic heterocycles. The molecule has 1 aliphatic rings. The number of rotatable bonds is 7. The highest BCUT2D eigenvalue weighted by Gasteiger charge is 2.23. The van der Waals surface area contributed by atoms with E-state index in [0.717, 1.165) is 24.2 Å². The summed E-state index contributed by atoms with van der Waals surface area (Å²) < 4.78 is 7.51. The Morgan fingerprint density at radius 1 is 1.21 bits per heavy atom. The second kappa shape index (κ2) is 9.41. The van der Waals surface area contributed by atoms with Crippen molar-refractivity contribution in [3.63, 3.8) is 0 Å². The number of nitrogens with zero attached hydrogens (tertiary/aromatic N) is 2. The second-order valence-electron chi connectivity index (χ2n) is 7.91. The Morgan fingerprint density at radius 2 is 2.03 bits per heavy atom. The van der Waals surface area contributed by atoms with Crippen molar-refractivity contribution in [2.24, 2.45) is 0 Å². The third-order valence-electron chi connectivity index (χ3n) is 5.83. The first-order valence-corrected chi connectivity index (χ1v) is 12.6. The van der Waals surface area contributed by atoms with Gasteiger partial charge in [0.2, 0.25) is 5.91 Å². The van der Waals surface area contributed by atoms with Gasteiger partial charge in [-0.2, -0.15) is 0 Å². The number of carbonyl (C=O) groups excluding carboxylic acids is 1. The summed E-state index contributed by atoms with van der Waals surface area (Å²) in [5.41, 5.74) is 4.05. The standard InChI is InChI=1S/C25H23N3O3S2/c1-31-18-9-6-16(7-10-18)14-28-24(30)23-21(12-13-32-23)27-25(28)33-15-22(29)26-20-11-8-17-4-2-3-5-19(17)20/h2-7,9-10,12-13,20H,8,11,14-15H2,1H3,(H,26,29)/t20-/m1/s1. The molecule has 168 valence electrons. The van der Waals surface area contributed by atoms with Crippen LogP contribution in [0.2, 0.25) is 0 Å². The van der Waals surface area contributed by atoms with Gasteiger partial charge in [0.05, 0.1) is 31.0 Å². The fourth-order valence-electron chi connectivity index (χ4n) is 4.16. The number of amides is 1. The van der Waals surface area contributed by atoms with Crippen molar-refractivity contribution in [2.45, 2.75) is 30.6 Å². The van der Waals surface area contributed by atoms with Gasteiger partial charge in [0.25, 0.3) is 5.56 Å². The van der Waals surface area contributed by atoms with Crippen LogP contribution in [0.15, 0.2) is 69.9 Å². The molecule has 33 heavy (non-hydrogen) atoms. The number of benzene rings is 2. The number of nitrogens with one attached hydrogen (secondary N) is 1. The molecular formula is C25H23N3O3S2. The predicted octanol–water partition coefficient (Wildman–Crippen LogP) is 4.41. The number of fused-ring (bicyclic) bond motifs is 2. The second-order valence-corrected chi connectivity index (χ2v) is 9.77. The number of carbonyl (C=O) groups is 1. The number of aromatic nitrogens is 2. The Morgan fingerprint density at radius 3 is 2.85 bits per heavy atom. The minimum Gasteiger partial charge on any atom is -0.497 e. The van der Waals surface area contributed by atoms with Crippen molar-refractivity contribution < 1.29 is 9.53 Å². The van der Waals surface area contributed by atoms with E-state index in [-0.39, 0.29) is 23.3 Å². The molecule has 0 unspecified atom stereocenters. The summed E-state index contributed by atoms with van der Waals surface area (Å²) in [7, 11) is 1.62. The molecule has 1 N–H and O–H groups in total. The van der Waals surface area contributed by atoms with E-state index in [1.165, 1.54) is 34.2 Å². The lowest BCUT2D eigenvalue weighted by Crippen LogP contribution is -2.29. The van der Waals surface area contributed by atoms with E-state index < -0.39 is 0 Å². The maximum absolute atomic E-state index is 13.2. The maximum atomic E-state index is 13.2. The largest absolute Gasteiger partial charge is 0.497 e. The number of hydrogen-bond donors (Lipinski definition) is 1. The van der Waals surface area contributed by atoms with Gasteiger partial charge in [-0.3, -0.25) is 14.2 Å². The van der Waals surface area contributed by atoms with Gasteiger partial charge in [0.15, 0.2) is 5.16 Å². The van der Waals surface area contributed by atoms with Crippen LogP contribution in [0.25, 0.3) is 10.2 Å². The highest BCUT2D eigenvalue weighted by atomic mass is 32.2. The van der Waals surface area contributed by atoms with Crippen molar-refractivity contribution in [2.75, 3.05) is 12.9 Å². The summed E-state index contributed by atoms with van der Waals surface area (Å²) in [6, 6.07) is 17.7. The fourth-order valence-corrected chi connectivity index (χ4v) is 5.75. The summed E-state index contributed by atoms with van der Waals surface area (Å²) in [4.78, 5) is 30.7. The average molecular weight is 478 g/mol. The fraction of sp³-hybridized carbons (Fsp3) is 0.240. The van der Waals surface area contributed by atoms with Crippen LogP contribution in [-0.2, 0) is 17.8 Å². The minimum atomic E-state index is -0.0848. The maximum Gasteiger partial charge on any atom is 0.272 e. The Hall–Kier alpha value is -3.10. The Kier molecular flexibility index (Phi) is 6.20. The molecule has 0 saturated heterocycles. The quantitative estimate of drug-likeness (QED) is 0.315. The van der Waals surface area contributed by atoms with Crippen LogP contribution in [0.3, 0.4) is 0 Å². The molecule has 2 heterocycles. The van der Waals surface area contributed by atoms with Crippen LogP contribution in [0, 0.1) is 0 Å². The van der Waals surface area contributed by atoms with Gasteiger partial charge in [-0.1, -0.05) is 48.2 Å². The molecule has 1 aliphatic carbocycles. The lowest BCUT2D eigenvalue weighted by atomic mass is 10.1. The minimum absolute atomic E-state index is 0.0445. The topological polar surface area (TPSA) is 73.2 Å². The van der Waals surface area contributed by atoms with Crippen molar-refractivity contribution in [1.82, 2.24) is 14.9 Å². The van der Waals surface area contributed by atoms with Crippen LogP contribution >= 0.6 is 23.1 Å². The van der Waals surface area contributed by atoms with E-state index >= 15 is 0 Å². The van der Waals surface area contributed by atoms with Crippen LogP contribution in [-0.4, -0.2) is 28.3 Å². The zero-order chi connectivity index (χ0) is 22.8. The van der Waals surface area contributed by atoms with Crippen LogP contribution in [0.1, 0.15) is 29.2 Å². The molecule has 0 aliphatic heterocycles. The third kappa shape index (κ3) is 4.54. The molecule has 0 radical (unpaired) electrons. The van der Waals surface area contributed by atoms with Crippen molar-refractivity contribution >= 4 is 39.2 Å². The molecule has 5 rings (SSSR count). The molecule has 4 aromatic rings. The third-order valence-corrected chi connectivity index (χ3v) is 7.70. The number of methoxy groups -OCH3 is 1. The highest BCUT2D eigenvalue weighted by molar-refractivity contribution is 7.99. The molecule has 0 saturated carbocycles. The van der Waals surface area contributed by atoms with E-state index in [1.54, 1.807) is 11.7 Å². The van der Waals surface area contributed by atoms with Crippen molar-refractivity contribution in [1.29, 1.82) is 0 Å². The van der Waals surface area contributed by atoms with E-state index in [2.05, 4.69) is 17.4 Å². The zero-order valence-corrected chi connectivity index (χ0v) is 19.7. The molecule has 6 nitrogen and oxygen atoms in total. The number of hydrogen-bond acceptors (Lipinski definition) is 6. The van der Waals surface area contributed by atoms with Gasteiger partial charge in [-0.05, 0) is 53.1 Å². The normalized spacial score (nSPS) is 14.9. The lowest BCUT2D eigenvalue weighted by Gasteiger charge is -2.15. The van der Waals surface area contributed by atoms with Crippen LogP contribution in [0.5, 0.6) is 5.75 Å². The Labute approximate surface area is 199 Å². The lowest BCUT2D eigenvalue weighted by molar-refractivity contribution is -0.119. The SMILES string of the molecule is COc1ccc(Cn2c(SCC(=O)N[C@@H]3CCc4ccccc43)nc3ccsc3c2=O)cc1. The highest BCUT2D eigenvalue weighted by Crippen LogP contribution is 2.31. The molecular weight excluding hydrogens is 454 g/mol. The van der Waals surface area contributed by atoms with Crippen LogP contribution < -0.4 is 15.6 Å². The number of thiophene rings is 1. The molecule has 0 fully saturated rings. The summed E-state index contributed by atoms with van der Waals surface area (Å²) in [5, 5.41) is 5.56. The Balaban J connectivity index is 1.35. The molecule has 1 atom stereocenters.